The lowest BCUT2D eigenvalue weighted by Crippen LogP contribution is -2.39. The number of aromatic nitrogens is 4. The lowest BCUT2D eigenvalue weighted by atomic mass is 10.00. The molecule has 0 spiro atoms. The van der Waals surface area contributed by atoms with E-state index in [0.29, 0.717) is 18.5 Å². The molecule has 13 heteroatoms. The van der Waals surface area contributed by atoms with Crippen molar-refractivity contribution < 1.29 is 19.1 Å². The first-order chi connectivity index (χ1) is 18.3. The topological polar surface area (TPSA) is 191 Å². The van der Waals surface area contributed by atoms with E-state index in [4.69, 9.17) is 15.3 Å². The summed E-state index contributed by atoms with van der Waals surface area (Å²) in [5, 5.41) is 30.3. The fraction of sp³-hybridized carbons (Fsp3) is 0.320. The van der Waals surface area contributed by atoms with Crippen LogP contribution in [0, 0.1) is 22.7 Å². The maximum Gasteiger partial charge on any atom is 0.307 e. The second-order valence-electron chi connectivity index (χ2n) is 8.21. The largest absolute Gasteiger partial charge is 0.469 e. The van der Waals surface area contributed by atoms with Gasteiger partial charge in [-0.1, -0.05) is 18.2 Å². The first-order valence-electron chi connectivity index (χ1n) is 11.7. The molecule has 2 aromatic heterocycles. The van der Waals surface area contributed by atoms with Crippen LogP contribution in [0.5, 0.6) is 0 Å². The summed E-state index contributed by atoms with van der Waals surface area (Å²) in [5.41, 5.74) is 2.51. The number of rotatable bonds is 12. The van der Waals surface area contributed by atoms with Gasteiger partial charge in [0.25, 0.3) is 0 Å². The predicted molar refractivity (Wildman–Crippen MR) is 135 cm³/mol. The number of imidazole rings is 1. The van der Waals surface area contributed by atoms with Crippen molar-refractivity contribution in [2.24, 2.45) is 7.05 Å². The quantitative estimate of drug-likeness (QED) is 0.202. The number of aryl methyl sites for hydroxylation is 1. The molecule has 0 unspecified atom stereocenters. The lowest BCUT2D eigenvalue weighted by Gasteiger charge is -2.19. The average molecular weight is 518 g/mol. The van der Waals surface area contributed by atoms with Crippen molar-refractivity contribution in [3.8, 4) is 23.4 Å². The Morgan fingerprint density at radius 1 is 1.18 bits per heavy atom. The Labute approximate surface area is 218 Å². The third-order valence-corrected chi connectivity index (χ3v) is 5.58. The molecular formula is C25H27N9O4. The van der Waals surface area contributed by atoms with Crippen LogP contribution in [0.4, 0.5) is 5.95 Å². The van der Waals surface area contributed by atoms with Crippen LogP contribution in [0.3, 0.4) is 0 Å². The Morgan fingerprint density at radius 3 is 2.66 bits per heavy atom. The molecule has 0 radical (unpaired) electrons. The van der Waals surface area contributed by atoms with Gasteiger partial charge in [0, 0.05) is 31.8 Å². The molecule has 0 aliphatic carbocycles. The van der Waals surface area contributed by atoms with E-state index in [9.17, 15) is 14.4 Å². The van der Waals surface area contributed by atoms with Gasteiger partial charge in [0.05, 0.1) is 31.8 Å². The number of nitrogens with one attached hydrogen (secondary N) is 4. The van der Waals surface area contributed by atoms with Crippen molar-refractivity contribution >= 4 is 23.7 Å². The van der Waals surface area contributed by atoms with Gasteiger partial charge in [-0.25, -0.2) is 4.98 Å². The fourth-order valence-corrected chi connectivity index (χ4v) is 3.66. The molecule has 0 aliphatic rings. The van der Waals surface area contributed by atoms with E-state index < -0.39 is 17.9 Å². The minimum atomic E-state index is -0.658. The van der Waals surface area contributed by atoms with E-state index in [-0.39, 0.29) is 42.6 Å². The van der Waals surface area contributed by atoms with Gasteiger partial charge in [0.2, 0.25) is 17.8 Å². The first kappa shape index (κ1) is 27.4. The molecule has 1 atom stereocenters. The number of ether oxygens (including phenoxy) is 1. The molecule has 3 aromatic rings. The van der Waals surface area contributed by atoms with Crippen molar-refractivity contribution in [2.45, 2.75) is 25.3 Å². The zero-order chi connectivity index (χ0) is 27.5. The molecule has 0 fully saturated rings. The Hall–Kier alpha value is -5.17. The lowest BCUT2D eigenvalue weighted by molar-refractivity contribution is -0.141. The number of anilines is 1. The molecule has 1 aromatic carbocycles. The highest BCUT2D eigenvalue weighted by atomic mass is 16.5. The Morgan fingerprint density at radius 2 is 2.00 bits per heavy atom. The Bertz CT molecular complexity index is 1350. The van der Waals surface area contributed by atoms with Gasteiger partial charge in [-0.2, -0.15) is 15.6 Å². The number of benzene rings is 1. The highest BCUT2D eigenvalue weighted by molar-refractivity contribution is 5.85. The summed E-state index contributed by atoms with van der Waals surface area (Å²) in [5.74, 6) is -1.01. The third kappa shape index (κ3) is 7.41. The maximum absolute atomic E-state index is 12.6. The molecule has 4 N–H and O–H groups in total. The van der Waals surface area contributed by atoms with Gasteiger partial charge >= 0.3 is 5.97 Å². The predicted octanol–water partition coefficient (Wildman–Crippen LogP) is 1.28. The number of hydrogen-bond acceptors (Lipinski definition) is 9. The van der Waals surface area contributed by atoms with Crippen molar-refractivity contribution in [1.29, 1.82) is 10.5 Å². The Kier molecular flexibility index (Phi) is 9.54. The van der Waals surface area contributed by atoms with Crippen LogP contribution in [-0.2, 0) is 26.2 Å². The Balaban J connectivity index is 1.51. The standard InChI is InChI=1S/C25H27N9O4/c1-34-21(8-10-30-34)17-6-3-5-16(11-17)18(12-24(37)38-2)31-23(36)15-29-22(35)7-4-9-28-25-32-19(13-26)20(14-27)33-25/h3,5-6,8,10-11,18H,4,7,9,12,15H2,1-2H3,(H,29,35)(H,31,36)(H2,28,32,33)/t18-/m0/s1. The molecule has 0 saturated heterocycles. The van der Waals surface area contributed by atoms with Crippen molar-refractivity contribution in [3.05, 3.63) is 53.5 Å². The molecule has 3 rings (SSSR count). The molecule has 38 heavy (non-hydrogen) atoms. The van der Waals surface area contributed by atoms with Gasteiger partial charge in [0.1, 0.15) is 12.1 Å². The minimum Gasteiger partial charge on any atom is -0.469 e. The fourth-order valence-electron chi connectivity index (χ4n) is 3.66. The highest BCUT2D eigenvalue weighted by Gasteiger charge is 2.20. The molecule has 196 valence electrons. The van der Waals surface area contributed by atoms with Crippen LogP contribution >= 0.6 is 0 Å². The van der Waals surface area contributed by atoms with Crippen molar-refractivity contribution in [3.63, 3.8) is 0 Å². The molecule has 0 bridgehead atoms. The smallest absolute Gasteiger partial charge is 0.307 e. The molecule has 0 aliphatic heterocycles. The maximum atomic E-state index is 12.6. The van der Waals surface area contributed by atoms with E-state index in [1.807, 2.05) is 43.5 Å². The van der Waals surface area contributed by atoms with E-state index in [1.54, 1.807) is 16.9 Å². The number of hydrogen-bond donors (Lipinski definition) is 4. The van der Waals surface area contributed by atoms with Crippen LogP contribution in [0.2, 0.25) is 0 Å². The summed E-state index contributed by atoms with van der Waals surface area (Å²) < 4.78 is 6.51. The van der Waals surface area contributed by atoms with Crippen molar-refractivity contribution in [1.82, 2.24) is 30.4 Å². The first-order valence-corrected chi connectivity index (χ1v) is 11.7. The second-order valence-corrected chi connectivity index (χ2v) is 8.21. The summed E-state index contributed by atoms with van der Waals surface area (Å²) in [4.78, 5) is 43.4. The monoisotopic (exact) mass is 517 g/mol. The number of nitriles is 2. The SMILES string of the molecule is COC(=O)C[C@H](NC(=O)CNC(=O)CCCNc1nc(C#N)c(C#N)[nH]1)c1cccc(-c2ccnn2C)c1. The van der Waals surface area contributed by atoms with Gasteiger partial charge in [-0.05, 0) is 24.1 Å². The normalized spacial score (nSPS) is 11.1. The number of carbonyl (C=O) groups is 3. The highest BCUT2D eigenvalue weighted by Crippen LogP contribution is 2.24. The number of carbonyl (C=O) groups excluding carboxylic acids is 3. The molecule has 2 heterocycles. The third-order valence-electron chi connectivity index (χ3n) is 5.58. The van der Waals surface area contributed by atoms with E-state index in [1.165, 1.54) is 7.11 Å². The summed E-state index contributed by atoms with van der Waals surface area (Å²) >= 11 is 0. The van der Waals surface area contributed by atoms with Crippen LogP contribution < -0.4 is 16.0 Å². The average Bonchev–Trinajstić information content (AvgIpc) is 3.54. The second kappa shape index (κ2) is 13.2. The molecule has 2 amide bonds. The number of aromatic amines is 1. The number of esters is 1. The summed E-state index contributed by atoms with van der Waals surface area (Å²) in [7, 11) is 3.10. The van der Waals surface area contributed by atoms with Crippen LogP contribution in [0.15, 0.2) is 36.5 Å². The zero-order valence-corrected chi connectivity index (χ0v) is 20.9. The summed E-state index contributed by atoms with van der Waals surface area (Å²) in [6, 6.07) is 12.3. The van der Waals surface area contributed by atoms with Gasteiger partial charge in [-0.15, -0.1) is 0 Å². The van der Waals surface area contributed by atoms with E-state index >= 15 is 0 Å². The van der Waals surface area contributed by atoms with E-state index in [0.717, 1.165) is 11.3 Å². The van der Waals surface area contributed by atoms with Crippen LogP contribution in [0.1, 0.15) is 42.3 Å². The van der Waals surface area contributed by atoms with Crippen LogP contribution in [-0.4, -0.2) is 57.7 Å². The molecule has 0 saturated carbocycles. The number of amides is 2. The number of H-pyrrole nitrogens is 1. The minimum absolute atomic E-state index is 0.00652. The number of methoxy groups -OCH3 is 1. The summed E-state index contributed by atoms with van der Waals surface area (Å²) in [6.07, 6.45) is 2.16. The zero-order valence-electron chi connectivity index (χ0n) is 20.9. The molecular weight excluding hydrogens is 490 g/mol. The summed E-state index contributed by atoms with van der Waals surface area (Å²) in [6.45, 7) is 0.0949. The van der Waals surface area contributed by atoms with Gasteiger partial charge in [0.15, 0.2) is 11.4 Å². The van der Waals surface area contributed by atoms with Gasteiger partial charge < -0.3 is 25.7 Å². The van der Waals surface area contributed by atoms with E-state index in [2.05, 4.69) is 31.0 Å². The van der Waals surface area contributed by atoms with Gasteiger partial charge in [-0.3, -0.25) is 19.1 Å². The number of nitrogens with zero attached hydrogens (tertiary/aromatic N) is 5. The molecule has 13 nitrogen and oxygen atoms in total. The van der Waals surface area contributed by atoms with Crippen molar-refractivity contribution in [2.75, 3.05) is 25.5 Å². The van der Waals surface area contributed by atoms with Crippen LogP contribution in [0.25, 0.3) is 11.3 Å².